The van der Waals surface area contributed by atoms with Crippen molar-refractivity contribution in [1.82, 2.24) is 0 Å². The average molecular weight is 249 g/mol. The van der Waals surface area contributed by atoms with Gasteiger partial charge in [-0.3, -0.25) is 0 Å². The van der Waals surface area contributed by atoms with E-state index in [9.17, 15) is 0 Å². The Morgan fingerprint density at radius 1 is 1.12 bits per heavy atom. The van der Waals surface area contributed by atoms with Crippen molar-refractivity contribution in [3.63, 3.8) is 0 Å². The fourth-order valence-electron chi connectivity index (χ4n) is 2.68. The Bertz CT molecular complexity index is 342. The molecule has 94 valence electrons. The third-order valence-electron chi connectivity index (χ3n) is 3.31. The summed E-state index contributed by atoms with van der Waals surface area (Å²) in [4.78, 5) is 0. The number of benzene rings is 1. The van der Waals surface area contributed by atoms with Crippen LogP contribution in [0.15, 0.2) is 30.3 Å². The van der Waals surface area contributed by atoms with Crippen molar-refractivity contribution in [3.05, 3.63) is 35.9 Å². The first kappa shape index (κ1) is 12.8. The Morgan fingerprint density at radius 2 is 1.82 bits per heavy atom. The number of rotatable bonds is 3. The van der Waals surface area contributed by atoms with Crippen molar-refractivity contribution in [2.24, 2.45) is 0 Å². The van der Waals surface area contributed by atoms with E-state index in [1.165, 1.54) is 37.7 Å². The van der Waals surface area contributed by atoms with Gasteiger partial charge in [0.2, 0.25) is 0 Å². The maximum atomic E-state index is 3.63. The van der Waals surface area contributed by atoms with Crippen molar-refractivity contribution < 1.29 is 4.37 Å². The Kier molecular flexibility index (Phi) is 4.05. The molecule has 1 nitrogen and oxygen atoms in total. The van der Waals surface area contributed by atoms with Gasteiger partial charge in [0, 0.05) is 18.4 Å². The zero-order valence-electron chi connectivity index (χ0n) is 11.4. The molecule has 0 N–H and O–H groups in total. The molecule has 0 saturated carbocycles. The first-order valence-electron chi connectivity index (χ1n) is 6.77. The van der Waals surface area contributed by atoms with E-state index in [1.54, 1.807) is 0 Å². The predicted octanol–water partition coefficient (Wildman–Crippen LogP) is 4.34. The van der Waals surface area contributed by atoms with E-state index in [1.807, 2.05) is 0 Å². The molecule has 0 aliphatic carbocycles. The largest absolute Gasteiger partial charge is 0.420 e. The molecule has 2 rings (SSSR count). The van der Waals surface area contributed by atoms with Crippen LogP contribution in [0, 0.1) is 0 Å². The van der Waals surface area contributed by atoms with Crippen LogP contribution in [0.1, 0.15) is 30.9 Å². The van der Waals surface area contributed by atoms with Crippen LogP contribution in [-0.2, 0) is 4.37 Å². The molecule has 1 heterocycles. The third kappa shape index (κ3) is 3.68. The lowest BCUT2D eigenvalue weighted by atomic mass is 10.0. The van der Waals surface area contributed by atoms with Gasteiger partial charge in [0.05, 0.1) is 0 Å². The van der Waals surface area contributed by atoms with Crippen molar-refractivity contribution in [2.75, 3.05) is 12.8 Å². The van der Waals surface area contributed by atoms with Gasteiger partial charge in [0.15, 0.2) is 6.10 Å². The molecule has 1 aliphatic heterocycles. The van der Waals surface area contributed by atoms with E-state index in [4.69, 9.17) is 0 Å². The van der Waals surface area contributed by atoms with Crippen LogP contribution < -0.4 is 0 Å². The quantitative estimate of drug-likeness (QED) is 0.553. The lowest BCUT2D eigenvalue weighted by Gasteiger charge is -2.35. The normalized spacial score (nSPS) is 22.6. The fraction of sp³-hybridized carbons (Fsp3) is 0.600. The van der Waals surface area contributed by atoms with Gasteiger partial charge in [0.25, 0.3) is 0 Å². The minimum Gasteiger partial charge on any atom is -0.420 e. The number of hydrogen-bond donors (Lipinski definition) is 0. The molecule has 1 fully saturated rings. The average Bonchev–Trinajstić information content (AvgIpc) is 2.29. The van der Waals surface area contributed by atoms with Crippen molar-refractivity contribution in [1.29, 1.82) is 0 Å². The SMILES string of the molecule is C[Si](C)(C)C[O+]1CCCCC1c1ccccc1. The third-order valence-corrected chi connectivity index (χ3v) is 4.55. The second-order valence-corrected chi connectivity index (χ2v) is 11.8. The minimum absolute atomic E-state index is 0.594. The zero-order chi connectivity index (χ0) is 12.3. The van der Waals surface area contributed by atoms with Crippen LogP contribution in [0.25, 0.3) is 0 Å². The van der Waals surface area contributed by atoms with Crippen LogP contribution >= 0.6 is 0 Å². The number of hydrogen-bond acceptors (Lipinski definition) is 0. The second-order valence-electron chi connectivity index (χ2n) is 6.34. The monoisotopic (exact) mass is 249 g/mol. The van der Waals surface area contributed by atoms with Crippen LogP contribution in [-0.4, -0.2) is 20.9 Å². The zero-order valence-corrected chi connectivity index (χ0v) is 12.4. The van der Waals surface area contributed by atoms with E-state index in [2.05, 4.69) is 54.3 Å². The summed E-state index contributed by atoms with van der Waals surface area (Å²) in [5.74, 6) is 0. The Balaban J connectivity index is 2.13. The van der Waals surface area contributed by atoms with Crippen molar-refractivity contribution in [2.45, 2.75) is 45.0 Å². The summed E-state index contributed by atoms with van der Waals surface area (Å²) in [6.07, 6.45) is 5.87. The summed E-state index contributed by atoms with van der Waals surface area (Å²) in [5.41, 5.74) is 1.48. The second kappa shape index (κ2) is 5.36. The van der Waals surface area contributed by atoms with Crippen molar-refractivity contribution >= 4 is 8.07 Å². The summed E-state index contributed by atoms with van der Waals surface area (Å²) in [7, 11) is -1.03. The highest BCUT2D eigenvalue weighted by atomic mass is 28.3. The molecular formula is C15H25OSi+. The highest BCUT2D eigenvalue weighted by Gasteiger charge is 2.33. The van der Waals surface area contributed by atoms with E-state index in [0.29, 0.717) is 6.10 Å². The molecule has 17 heavy (non-hydrogen) atoms. The van der Waals surface area contributed by atoms with Gasteiger partial charge < -0.3 is 4.37 Å². The topological polar surface area (TPSA) is 2.70 Å². The maximum Gasteiger partial charge on any atom is 0.181 e. The highest BCUT2D eigenvalue weighted by Crippen LogP contribution is 2.35. The van der Waals surface area contributed by atoms with Crippen LogP contribution in [0.3, 0.4) is 0 Å². The Labute approximate surface area is 107 Å². The molecule has 1 aromatic carbocycles. The highest BCUT2D eigenvalue weighted by molar-refractivity contribution is 6.76. The lowest BCUT2D eigenvalue weighted by Crippen LogP contribution is -2.39. The molecule has 1 atom stereocenters. The van der Waals surface area contributed by atoms with Crippen molar-refractivity contribution in [3.8, 4) is 0 Å². The van der Waals surface area contributed by atoms with E-state index in [-0.39, 0.29) is 0 Å². The first-order valence-corrected chi connectivity index (χ1v) is 10.5. The van der Waals surface area contributed by atoms with E-state index in [0.717, 1.165) is 0 Å². The Morgan fingerprint density at radius 3 is 2.47 bits per heavy atom. The molecule has 0 aromatic heterocycles. The molecule has 0 bridgehead atoms. The maximum absolute atomic E-state index is 3.63. The van der Waals surface area contributed by atoms with Gasteiger partial charge in [-0.2, -0.15) is 0 Å². The van der Waals surface area contributed by atoms with Gasteiger partial charge in [-0.25, -0.2) is 0 Å². The van der Waals surface area contributed by atoms with E-state index < -0.39 is 8.07 Å². The summed E-state index contributed by atoms with van der Waals surface area (Å²) in [6, 6.07) is 11.0. The van der Waals surface area contributed by atoms with Crippen LogP contribution in [0.2, 0.25) is 19.6 Å². The molecule has 0 amide bonds. The summed E-state index contributed by atoms with van der Waals surface area (Å²) < 4.78 is 3.63. The van der Waals surface area contributed by atoms with Crippen LogP contribution in [0.4, 0.5) is 0 Å². The molecule has 1 aliphatic rings. The standard InChI is InChI=1S/C15H25OSi/c1-17(2,3)13-16-12-8-7-11-15(16)14-9-5-4-6-10-14/h4-6,9-10,15H,7-8,11-13H2,1-3H3/q+1. The van der Waals surface area contributed by atoms with Gasteiger partial charge in [-0.05, 0) is 6.42 Å². The molecule has 1 aromatic rings. The predicted molar refractivity (Wildman–Crippen MR) is 77.2 cm³/mol. The molecule has 0 radical (unpaired) electrons. The fourth-order valence-corrected chi connectivity index (χ4v) is 4.14. The molecular weight excluding hydrogens is 224 g/mol. The molecule has 1 saturated heterocycles. The van der Waals surface area contributed by atoms with E-state index >= 15 is 0 Å². The molecule has 2 heteroatoms. The lowest BCUT2D eigenvalue weighted by molar-refractivity contribution is -0.196. The first-order chi connectivity index (χ1) is 8.06. The van der Waals surface area contributed by atoms with Gasteiger partial charge in [0.1, 0.15) is 20.9 Å². The van der Waals surface area contributed by atoms with Gasteiger partial charge >= 0.3 is 0 Å². The van der Waals surface area contributed by atoms with Crippen LogP contribution in [0.5, 0.6) is 0 Å². The minimum atomic E-state index is -1.03. The summed E-state index contributed by atoms with van der Waals surface area (Å²) in [6.45, 7) is 8.58. The van der Waals surface area contributed by atoms with Gasteiger partial charge in [-0.1, -0.05) is 50.0 Å². The van der Waals surface area contributed by atoms with Gasteiger partial charge in [-0.15, -0.1) is 0 Å². The summed E-state index contributed by atoms with van der Waals surface area (Å²) >= 11 is 0. The molecule has 1 unspecified atom stereocenters. The Hall–Kier alpha value is -0.603. The smallest absolute Gasteiger partial charge is 0.181 e. The summed E-state index contributed by atoms with van der Waals surface area (Å²) in [5, 5.41) is 0. The molecule has 0 spiro atoms.